The van der Waals surface area contributed by atoms with Gasteiger partial charge in [0, 0.05) is 10.9 Å². The van der Waals surface area contributed by atoms with Crippen molar-refractivity contribution in [3.63, 3.8) is 0 Å². The van der Waals surface area contributed by atoms with Gasteiger partial charge < -0.3 is 5.32 Å². The van der Waals surface area contributed by atoms with Gasteiger partial charge in [-0.2, -0.15) is 0 Å². The van der Waals surface area contributed by atoms with Gasteiger partial charge in [-0.1, -0.05) is 13.8 Å². The smallest absolute Gasteiger partial charge is 0.224 e. The third-order valence-corrected chi connectivity index (χ3v) is 2.81. The first kappa shape index (κ1) is 13.2. The van der Waals surface area contributed by atoms with Crippen molar-refractivity contribution >= 4 is 27.5 Å². The van der Waals surface area contributed by atoms with Crippen molar-refractivity contribution in [3.05, 3.63) is 28.5 Å². The maximum absolute atomic E-state index is 12.8. The van der Waals surface area contributed by atoms with E-state index in [1.165, 1.54) is 12.1 Å². The number of hydrogen-bond donors (Lipinski definition) is 1. The number of carbonyl (C=O) groups is 1. The lowest BCUT2D eigenvalue weighted by molar-refractivity contribution is -0.116. The molecule has 0 spiro atoms. The molecule has 0 atom stereocenters. The number of anilines is 1. The Labute approximate surface area is 103 Å². The maximum Gasteiger partial charge on any atom is 0.224 e. The van der Waals surface area contributed by atoms with Crippen LogP contribution < -0.4 is 5.32 Å². The van der Waals surface area contributed by atoms with Gasteiger partial charge in [0.15, 0.2) is 0 Å². The zero-order valence-electron chi connectivity index (χ0n) is 9.39. The minimum atomic E-state index is -0.327. The summed E-state index contributed by atoms with van der Waals surface area (Å²) in [4.78, 5) is 11.5. The van der Waals surface area contributed by atoms with E-state index in [0.717, 1.165) is 6.42 Å². The monoisotopic (exact) mass is 287 g/mol. The van der Waals surface area contributed by atoms with Crippen LogP contribution in [0.1, 0.15) is 26.7 Å². The number of hydrogen-bond acceptors (Lipinski definition) is 1. The Morgan fingerprint density at radius 3 is 2.75 bits per heavy atom. The first-order valence-electron chi connectivity index (χ1n) is 5.24. The highest BCUT2D eigenvalue weighted by atomic mass is 79.9. The largest absolute Gasteiger partial charge is 0.325 e. The van der Waals surface area contributed by atoms with Crippen LogP contribution in [0.15, 0.2) is 22.7 Å². The van der Waals surface area contributed by atoms with E-state index in [2.05, 4.69) is 35.1 Å². The van der Waals surface area contributed by atoms with Gasteiger partial charge in [-0.25, -0.2) is 4.39 Å². The van der Waals surface area contributed by atoms with Crippen molar-refractivity contribution < 1.29 is 9.18 Å². The Kier molecular flexibility index (Phi) is 4.93. The predicted octanol–water partition coefficient (Wildman–Crippen LogP) is 3.96. The average Bonchev–Trinajstić information content (AvgIpc) is 2.19. The fourth-order valence-corrected chi connectivity index (χ4v) is 1.67. The highest BCUT2D eigenvalue weighted by molar-refractivity contribution is 9.10. The Morgan fingerprint density at radius 2 is 2.19 bits per heavy atom. The molecule has 4 heteroatoms. The Bertz CT molecular complexity index is 379. The van der Waals surface area contributed by atoms with E-state index in [9.17, 15) is 9.18 Å². The van der Waals surface area contributed by atoms with Crippen LogP contribution in [0.4, 0.5) is 10.1 Å². The molecule has 2 nitrogen and oxygen atoms in total. The molecule has 16 heavy (non-hydrogen) atoms. The lowest BCUT2D eigenvalue weighted by Crippen LogP contribution is -2.12. The Balaban J connectivity index is 2.56. The van der Waals surface area contributed by atoms with E-state index >= 15 is 0 Å². The minimum Gasteiger partial charge on any atom is -0.325 e. The summed E-state index contributed by atoms with van der Waals surface area (Å²) in [6, 6.07) is 4.20. The average molecular weight is 288 g/mol. The summed E-state index contributed by atoms with van der Waals surface area (Å²) in [7, 11) is 0. The molecule has 0 saturated heterocycles. The minimum absolute atomic E-state index is 0.0407. The zero-order chi connectivity index (χ0) is 12.1. The van der Waals surface area contributed by atoms with Crippen molar-refractivity contribution in [2.75, 3.05) is 5.32 Å². The summed E-state index contributed by atoms with van der Waals surface area (Å²) < 4.78 is 13.4. The topological polar surface area (TPSA) is 29.1 Å². The molecule has 0 heterocycles. The van der Waals surface area contributed by atoms with Crippen LogP contribution in [0.5, 0.6) is 0 Å². The van der Waals surface area contributed by atoms with Gasteiger partial charge in [0.25, 0.3) is 0 Å². The van der Waals surface area contributed by atoms with Crippen molar-refractivity contribution in [3.8, 4) is 0 Å². The van der Waals surface area contributed by atoms with Crippen LogP contribution in [0, 0.1) is 11.7 Å². The third-order valence-electron chi connectivity index (χ3n) is 2.15. The zero-order valence-corrected chi connectivity index (χ0v) is 11.0. The molecule has 1 aromatic rings. The molecule has 1 rings (SSSR count). The van der Waals surface area contributed by atoms with Gasteiger partial charge in [0.2, 0.25) is 5.91 Å². The molecular formula is C12H15BrFNO. The van der Waals surface area contributed by atoms with Gasteiger partial charge in [-0.3, -0.25) is 4.79 Å². The number of carbonyl (C=O) groups excluding carboxylic acids is 1. The molecule has 0 aliphatic heterocycles. The number of amides is 1. The van der Waals surface area contributed by atoms with Gasteiger partial charge >= 0.3 is 0 Å². The van der Waals surface area contributed by atoms with Crippen LogP contribution in [-0.2, 0) is 4.79 Å². The molecule has 0 aliphatic carbocycles. The van der Waals surface area contributed by atoms with Crippen molar-refractivity contribution in [2.24, 2.45) is 5.92 Å². The third kappa shape index (κ3) is 4.31. The van der Waals surface area contributed by atoms with Crippen LogP contribution in [0.3, 0.4) is 0 Å². The number of halogens is 2. The predicted molar refractivity (Wildman–Crippen MR) is 66.8 cm³/mol. The van der Waals surface area contributed by atoms with Gasteiger partial charge in [0.05, 0.1) is 5.69 Å². The molecule has 1 N–H and O–H groups in total. The van der Waals surface area contributed by atoms with E-state index in [1.54, 1.807) is 6.07 Å². The standard InChI is InChI=1S/C12H15BrFNO/c1-8(2)3-6-12(16)15-11-5-4-9(14)7-10(11)13/h4-5,7-8H,3,6H2,1-2H3,(H,15,16). The second-order valence-electron chi connectivity index (χ2n) is 4.10. The quantitative estimate of drug-likeness (QED) is 0.892. The maximum atomic E-state index is 12.8. The van der Waals surface area contributed by atoms with E-state index in [1.807, 2.05) is 0 Å². The summed E-state index contributed by atoms with van der Waals surface area (Å²) in [5, 5.41) is 2.74. The van der Waals surface area contributed by atoms with Crippen molar-refractivity contribution in [2.45, 2.75) is 26.7 Å². The van der Waals surface area contributed by atoms with E-state index in [4.69, 9.17) is 0 Å². The van der Waals surface area contributed by atoms with E-state index in [0.29, 0.717) is 22.5 Å². The first-order valence-corrected chi connectivity index (χ1v) is 6.03. The highest BCUT2D eigenvalue weighted by Crippen LogP contribution is 2.23. The number of nitrogens with one attached hydrogen (secondary N) is 1. The molecule has 0 radical (unpaired) electrons. The molecule has 0 bridgehead atoms. The lowest BCUT2D eigenvalue weighted by atomic mass is 10.1. The molecule has 0 saturated carbocycles. The fourth-order valence-electron chi connectivity index (χ4n) is 1.22. The van der Waals surface area contributed by atoms with Crippen LogP contribution in [-0.4, -0.2) is 5.91 Å². The molecular weight excluding hydrogens is 273 g/mol. The molecule has 0 aliphatic rings. The second-order valence-corrected chi connectivity index (χ2v) is 4.96. The van der Waals surface area contributed by atoms with Crippen LogP contribution >= 0.6 is 15.9 Å². The SMILES string of the molecule is CC(C)CCC(=O)Nc1ccc(F)cc1Br. The first-order chi connectivity index (χ1) is 7.49. The molecule has 0 aromatic heterocycles. The van der Waals surface area contributed by atoms with Gasteiger partial charge in [-0.15, -0.1) is 0 Å². The van der Waals surface area contributed by atoms with Crippen LogP contribution in [0.25, 0.3) is 0 Å². The summed E-state index contributed by atoms with van der Waals surface area (Å²) in [6.45, 7) is 4.14. The molecule has 1 amide bonds. The Morgan fingerprint density at radius 1 is 1.50 bits per heavy atom. The van der Waals surface area contributed by atoms with E-state index in [-0.39, 0.29) is 11.7 Å². The Hall–Kier alpha value is -0.900. The van der Waals surface area contributed by atoms with Gasteiger partial charge in [0.1, 0.15) is 5.82 Å². The molecule has 0 unspecified atom stereocenters. The summed E-state index contributed by atoms with van der Waals surface area (Å²) in [5.41, 5.74) is 0.607. The second kappa shape index (κ2) is 5.99. The van der Waals surface area contributed by atoms with Gasteiger partial charge in [-0.05, 0) is 46.5 Å². The van der Waals surface area contributed by atoms with Crippen molar-refractivity contribution in [1.29, 1.82) is 0 Å². The van der Waals surface area contributed by atoms with E-state index < -0.39 is 0 Å². The normalized spacial score (nSPS) is 10.6. The van der Waals surface area contributed by atoms with Crippen molar-refractivity contribution in [1.82, 2.24) is 0 Å². The molecule has 88 valence electrons. The highest BCUT2D eigenvalue weighted by Gasteiger charge is 2.07. The number of rotatable bonds is 4. The van der Waals surface area contributed by atoms with Crippen LogP contribution in [0.2, 0.25) is 0 Å². The summed E-state index contributed by atoms with van der Waals surface area (Å²) in [5.74, 6) is 0.135. The fraction of sp³-hybridized carbons (Fsp3) is 0.417. The lowest BCUT2D eigenvalue weighted by Gasteiger charge is -2.08. The summed E-state index contributed by atoms with van der Waals surface area (Å²) >= 11 is 3.20. The molecule has 0 fully saturated rings. The summed E-state index contributed by atoms with van der Waals surface area (Å²) in [6.07, 6.45) is 1.34. The molecule has 1 aromatic carbocycles. The number of benzene rings is 1.